The largest absolute Gasteiger partial charge is 0.462 e. The van der Waals surface area contributed by atoms with Gasteiger partial charge < -0.3 is 9.15 Å². The highest BCUT2D eigenvalue weighted by molar-refractivity contribution is 5.93. The van der Waals surface area contributed by atoms with Gasteiger partial charge in [0, 0.05) is 30.0 Å². The summed E-state index contributed by atoms with van der Waals surface area (Å²) >= 11 is 0. The van der Waals surface area contributed by atoms with Crippen molar-refractivity contribution in [2.45, 2.75) is 47.2 Å². The molecule has 31 heavy (non-hydrogen) atoms. The van der Waals surface area contributed by atoms with Crippen LogP contribution in [0.1, 0.15) is 48.1 Å². The van der Waals surface area contributed by atoms with Gasteiger partial charge in [0.05, 0.1) is 18.7 Å². The maximum atomic E-state index is 12.3. The first kappa shape index (κ1) is 20.8. The predicted molar refractivity (Wildman–Crippen MR) is 119 cm³/mol. The van der Waals surface area contributed by atoms with E-state index in [4.69, 9.17) is 9.15 Å². The molecule has 0 unspecified atom stereocenters. The first-order valence-corrected chi connectivity index (χ1v) is 10.7. The van der Waals surface area contributed by atoms with E-state index in [9.17, 15) is 9.59 Å². The standard InChI is InChI=1S/C25H27N2O4/c1-5-17-8-10-20-19(14-24(28)31-23(20)12-17)15-27-16(4)26(6-2)21-11-9-18(13-22(21)27)25(29)30-7-3/h8-14H,5-7,15H2,1-4H3/q+1. The number of hydrogen-bond acceptors (Lipinski definition) is 4. The van der Waals surface area contributed by atoms with Gasteiger partial charge in [-0.3, -0.25) is 0 Å². The highest BCUT2D eigenvalue weighted by Crippen LogP contribution is 2.23. The number of hydrogen-bond donors (Lipinski definition) is 0. The number of carbonyl (C=O) groups is 1. The molecule has 2 heterocycles. The van der Waals surface area contributed by atoms with Crippen molar-refractivity contribution in [2.75, 3.05) is 6.61 Å². The molecule has 160 valence electrons. The first-order valence-electron chi connectivity index (χ1n) is 10.7. The van der Waals surface area contributed by atoms with Crippen LogP contribution in [0.25, 0.3) is 22.0 Å². The van der Waals surface area contributed by atoms with Crippen LogP contribution in [0.2, 0.25) is 0 Å². The van der Waals surface area contributed by atoms with Crippen LogP contribution in [0.5, 0.6) is 0 Å². The van der Waals surface area contributed by atoms with Crippen LogP contribution in [0.15, 0.2) is 51.7 Å². The molecule has 6 nitrogen and oxygen atoms in total. The van der Waals surface area contributed by atoms with Crippen molar-refractivity contribution in [1.82, 2.24) is 4.57 Å². The fourth-order valence-corrected chi connectivity index (χ4v) is 4.20. The van der Waals surface area contributed by atoms with Crippen molar-refractivity contribution < 1.29 is 18.5 Å². The smallest absolute Gasteiger partial charge is 0.338 e. The Morgan fingerprint density at radius 1 is 1.10 bits per heavy atom. The Kier molecular flexibility index (Phi) is 5.63. The number of aryl methyl sites for hydroxylation is 2. The molecule has 0 bridgehead atoms. The molecule has 0 fully saturated rings. The summed E-state index contributed by atoms with van der Waals surface area (Å²) in [6, 6.07) is 13.2. The zero-order valence-electron chi connectivity index (χ0n) is 18.4. The number of nitrogens with zero attached hydrogens (tertiary/aromatic N) is 2. The second kappa shape index (κ2) is 8.38. The van der Waals surface area contributed by atoms with Gasteiger partial charge in [0.15, 0.2) is 11.0 Å². The van der Waals surface area contributed by atoms with Crippen LogP contribution in [0.3, 0.4) is 0 Å². The summed E-state index contributed by atoms with van der Waals surface area (Å²) in [7, 11) is 0. The summed E-state index contributed by atoms with van der Waals surface area (Å²) in [6.45, 7) is 9.64. The van der Waals surface area contributed by atoms with Gasteiger partial charge in [-0.1, -0.05) is 19.1 Å². The van der Waals surface area contributed by atoms with E-state index >= 15 is 0 Å². The van der Waals surface area contributed by atoms with E-state index in [1.165, 1.54) is 0 Å². The number of rotatable bonds is 6. The molecular weight excluding hydrogens is 392 g/mol. The molecule has 0 saturated heterocycles. The number of esters is 1. The van der Waals surface area contributed by atoms with Crippen LogP contribution >= 0.6 is 0 Å². The van der Waals surface area contributed by atoms with Crippen LogP contribution in [-0.2, 0) is 24.2 Å². The van der Waals surface area contributed by atoms with Crippen molar-refractivity contribution >= 4 is 28.0 Å². The van der Waals surface area contributed by atoms with E-state index in [2.05, 4.69) is 36.0 Å². The summed E-state index contributed by atoms with van der Waals surface area (Å²) in [5.74, 6) is 0.709. The van der Waals surface area contributed by atoms with E-state index in [-0.39, 0.29) is 11.6 Å². The van der Waals surface area contributed by atoms with E-state index in [1.54, 1.807) is 19.1 Å². The summed E-state index contributed by atoms with van der Waals surface area (Å²) in [5.41, 5.74) is 4.73. The van der Waals surface area contributed by atoms with Crippen molar-refractivity contribution in [1.29, 1.82) is 0 Å². The van der Waals surface area contributed by atoms with E-state index in [0.29, 0.717) is 24.3 Å². The molecule has 6 heteroatoms. The van der Waals surface area contributed by atoms with Gasteiger partial charge in [-0.2, -0.15) is 0 Å². The fraction of sp³-hybridized carbons (Fsp3) is 0.320. The highest BCUT2D eigenvalue weighted by atomic mass is 16.5. The Hall–Kier alpha value is -3.41. The molecule has 0 amide bonds. The van der Waals surface area contributed by atoms with Crippen molar-refractivity contribution in [3.8, 4) is 0 Å². The minimum Gasteiger partial charge on any atom is -0.462 e. The number of fused-ring (bicyclic) bond motifs is 2. The molecule has 2 aromatic carbocycles. The summed E-state index contributed by atoms with van der Waals surface area (Å²) in [4.78, 5) is 24.6. The van der Waals surface area contributed by atoms with Gasteiger partial charge in [-0.05, 0) is 44.0 Å². The van der Waals surface area contributed by atoms with E-state index < -0.39 is 0 Å². The van der Waals surface area contributed by atoms with Crippen LogP contribution < -0.4 is 10.2 Å². The minimum atomic E-state index is -0.361. The van der Waals surface area contributed by atoms with E-state index in [1.807, 2.05) is 24.3 Å². The Morgan fingerprint density at radius 3 is 2.61 bits per heavy atom. The Bertz CT molecular complexity index is 1350. The number of ether oxygens (including phenoxy) is 1. The summed E-state index contributed by atoms with van der Waals surface area (Å²) in [5, 5.41) is 0.919. The predicted octanol–water partition coefficient (Wildman–Crippen LogP) is 4.15. The van der Waals surface area contributed by atoms with Gasteiger partial charge in [0.25, 0.3) is 5.82 Å². The third-order valence-electron chi connectivity index (χ3n) is 5.80. The van der Waals surface area contributed by atoms with Gasteiger partial charge in [-0.25, -0.2) is 18.7 Å². The monoisotopic (exact) mass is 419 g/mol. The third-order valence-corrected chi connectivity index (χ3v) is 5.80. The lowest BCUT2D eigenvalue weighted by molar-refractivity contribution is -0.674. The fourth-order valence-electron chi connectivity index (χ4n) is 4.20. The lowest BCUT2D eigenvalue weighted by Gasteiger charge is -2.07. The molecule has 0 atom stereocenters. The second-order valence-corrected chi connectivity index (χ2v) is 7.58. The summed E-state index contributed by atoms with van der Waals surface area (Å²) < 4.78 is 15.0. The molecular formula is C25H27N2O4+. The maximum absolute atomic E-state index is 12.3. The van der Waals surface area contributed by atoms with Crippen molar-refractivity contribution in [3.63, 3.8) is 0 Å². The molecule has 4 rings (SSSR count). The van der Waals surface area contributed by atoms with Crippen molar-refractivity contribution in [2.24, 2.45) is 0 Å². The molecule has 0 spiro atoms. The topological polar surface area (TPSA) is 65.3 Å². The quantitative estimate of drug-likeness (QED) is 0.268. The van der Waals surface area contributed by atoms with Crippen molar-refractivity contribution in [3.05, 3.63) is 75.4 Å². The second-order valence-electron chi connectivity index (χ2n) is 7.58. The molecule has 0 aliphatic heterocycles. The average Bonchev–Trinajstić information content (AvgIpc) is 3.03. The normalized spacial score (nSPS) is 11.4. The lowest BCUT2D eigenvalue weighted by Crippen LogP contribution is -2.35. The molecule has 4 aromatic rings. The molecule has 0 radical (unpaired) electrons. The van der Waals surface area contributed by atoms with E-state index in [0.717, 1.165) is 46.3 Å². The summed E-state index contributed by atoms with van der Waals surface area (Å²) in [6.07, 6.45) is 0.873. The van der Waals surface area contributed by atoms with Crippen LogP contribution in [0, 0.1) is 6.92 Å². The van der Waals surface area contributed by atoms with Crippen LogP contribution in [0.4, 0.5) is 0 Å². The Balaban J connectivity index is 1.90. The van der Waals surface area contributed by atoms with Gasteiger partial charge >= 0.3 is 11.6 Å². The minimum absolute atomic E-state index is 0.331. The Morgan fingerprint density at radius 2 is 1.90 bits per heavy atom. The zero-order valence-corrected chi connectivity index (χ0v) is 18.4. The average molecular weight is 420 g/mol. The van der Waals surface area contributed by atoms with Gasteiger partial charge in [-0.15, -0.1) is 0 Å². The third kappa shape index (κ3) is 3.74. The molecule has 0 aliphatic rings. The molecule has 2 aromatic heterocycles. The molecule has 0 saturated carbocycles. The van der Waals surface area contributed by atoms with Crippen LogP contribution in [-0.4, -0.2) is 17.1 Å². The highest BCUT2D eigenvalue weighted by Gasteiger charge is 2.23. The first-order chi connectivity index (χ1) is 15.0. The lowest BCUT2D eigenvalue weighted by atomic mass is 10.1. The Labute approximate surface area is 180 Å². The SMILES string of the molecule is CCOC(=O)c1ccc2c(c1)n(Cc1cc(=O)oc3cc(CC)ccc13)c(C)[n+]2CC. The maximum Gasteiger partial charge on any atom is 0.338 e. The van der Waals surface area contributed by atoms with Gasteiger partial charge in [0.1, 0.15) is 12.1 Å². The number of imidazole rings is 1. The zero-order chi connectivity index (χ0) is 22.1. The number of benzene rings is 2. The molecule has 0 N–H and O–H groups in total. The number of aromatic nitrogens is 2. The van der Waals surface area contributed by atoms with Gasteiger partial charge in [0.2, 0.25) is 0 Å². The molecule has 0 aliphatic carbocycles. The number of carbonyl (C=O) groups excluding carboxylic acids is 1.